The largest absolute Gasteiger partial charge is 0.480 e. The highest BCUT2D eigenvalue weighted by molar-refractivity contribution is 5.86. The highest BCUT2D eigenvalue weighted by atomic mass is 19.4. The van der Waals surface area contributed by atoms with E-state index in [0.29, 0.717) is 0 Å². The number of rotatable bonds is 5. The van der Waals surface area contributed by atoms with Gasteiger partial charge < -0.3 is 10.4 Å². The summed E-state index contributed by atoms with van der Waals surface area (Å²) in [6, 6.07) is -1.75. The number of amides is 1. The van der Waals surface area contributed by atoms with Gasteiger partial charge in [0, 0.05) is 0 Å². The zero-order valence-electron chi connectivity index (χ0n) is 9.27. The van der Waals surface area contributed by atoms with Crippen molar-refractivity contribution in [1.82, 2.24) is 5.32 Å². The van der Waals surface area contributed by atoms with Crippen LogP contribution in [0, 0.1) is 0 Å². The van der Waals surface area contributed by atoms with E-state index in [0.717, 1.165) is 13.8 Å². The number of nitrogens with one attached hydrogen (secondary N) is 1. The summed E-state index contributed by atoms with van der Waals surface area (Å²) in [6.07, 6.45) is -5.85. The minimum absolute atomic E-state index is 0.276. The average molecular weight is 259 g/mol. The van der Waals surface area contributed by atoms with Crippen molar-refractivity contribution in [2.75, 3.05) is 0 Å². The average Bonchev–Trinajstić information content (AvgIpc) is 2.07. The first kappa shape index (κ1) is 15.7. The lowest BCUT2D eigenvalue weighted by Crippen LogP contribution is -2.47. The lowest BCUT2D eigenvalue weighted by atomic mass is 10.0. The van der Waals surface area contributed by atoms with Crippen molar-refractivity contribution < 1.29 is 32.3 Å². The zero-order valence-corrected chi connectivity index (χ0v) is 9.27. The van der Waals surface area contributed by atoms with Crippen LogP contribution < -0.4 is 5.32 Å². The summed E-state index contributed by atoms with van der Waals surface area (Å²) in [5, 5.41) is 9.88. The number of carboxylic acid groups (broad SMARTS) is 1. The van der Waals surface area contributed by atoms with Crippen LogP contribution in [0.5, 0.6) is 0 Å². The SMILES string of the molecule is CC(C)(F)CC[C@H](NC(=O)C(F)(F)F)C(=O)O. The fraction of sp³-hybridized carbons (Fsp3) is 0.778. The molecule has 0 saturated carbocycles. The quantitative estimate of drug-likeness (QED) is 0.738. The molecule has 1 atom stereocenters. The van der Waals surface area contributed by atoms with E-state index in [2.05, 4.69) is 0 Å². The van der Waals surface area contributed by atoms with Gasteiger partial charge in [0.15, 0.2) is 0 Å². The van der Waals surface area contributed by atoms with Crippen molar-refractivity contribution in [2.24, 2.45) is 0 Å². The topological polar surface area (TPSA) is 66.4 Å². The van der Waals surface area contributed by atoms with E-state index >= 15 is 0 Å². The molecule has 0 bridgehead atoms. The Kier molecular flexibility index (Phi) is 4.91. The Hall–Kier alpha value is -1.34. The lowest BCUT2D eigenvalue weighted by Gasteiger charge is -2.19. The monoisotopic (exact) mass is 259 g/mol. The van der Waals surface area contributed by atoms with Crippen molar-refractivity contribution in [2.45, 2.75) is 44.6 Å². The van der Waals surface area contributed by atoms with Crippen LogP contribution in [0.25, 0.3) is 0 Å². The maximum atomic E-state index is 13.1. The molecule has 4 nitrogen and oxygen atoms in total. The van der Waals surface area contributed by atoms with Gasteiger partial charge in [-0.25, -0.2) is 9.18 Å². The summed E-state index contributed by atoms with van der Waals surface area (Å²) in [7, 11) is 0. The van der Waals surface area contributed by atoms with Crippen molar-refractivity contribution in [3.63, 3.8) is 0 Å². The minimum atomic E-state index is -5.15. The molecule has 100 valence electrons. The van der Waals surface area contributed by atoms with Gasteiger partial charge >= 0.3 is 18.1 Å². The number of aliphatic carboxylic acids is 1. The fourth-order valence-electron chi connectivity index (χ4n) is 0.985. The molecule has 0 saturated heterocycles. The summed E-state index contributed by atoms with van der Waals surface area (Å²) in [5.41, 5.74) is -1.71. The van der Waals surface area contributed by atoms with Gasteiger partial charge in [0.25, 0.3) is 0 Å². The Balaban J connectivity index is 4.47. The van der Waals surface area contributed by atoms with E-state index in [9.17, 15) is 27.2 Å². The van der Waals surface area contributed by atoms with Gasteiger partial charge in [0.2, 0.25) is 0 Å². The third-order valence-electron chi connectivity index (χ3n) is 1.89. The molecular formula is C9H13F4NO3. The molecule has 0 rings (SSSR count). The smallest absolute Gasteiger partial charge is 0.471 e. The standard InChI is InChI=1S/C9H13F4NO3/c1-8(2,10)4-3-5(6(15)16)14-7(17)9(11,12)13/h5H,3-4H2,1-2H3,(H,14,17)(H,15,16)/t5-/m0/s1. The fourth-order valence-corrected chi connectivity index (χ4v) is 0.985. The Morgan fingerprint density at radius 1 is 1.24 bits per heavy atom. The van der Waals surface area contributed by atoms with Crippen molar-refractivity contribution in [3.05, 3.63) is 0 Å². The number of alkyl halides is 4. The van der Waals surface area contributed by atoms with E-state index in [1.165, 1.54) is 5.32 Å². The van der Waals surface area contributed by atoms with Crippen molar-refractivity contribution in [1.29, 1.82) is 0 Å². The van der Waals surface area contributed by atoms with Crippen LogP contribution in [0.3, 0.4) is 0 Å². The summed E-state index contributed by atoms with van der Waals surface area (Å²) in [4.78, 5) is 21.1. The highest BCUT2D eigenvalue weighted by Crippen LogP contribution is 2.19. The number of hydrogen-bond acceptors (Lipinski definition) is 2. The second-order valence-electron chi connectivity index (χ2n) is 4.12. The predicted molar refractivity (Wildman–Crippen MR) is 50.0 cm³/mol. The molecule has 0 radical (unpaired) electrons. The van der Waals surface area contributed by atoms with Gasteiger partial charge in [-0.2, -0.15) is 13.2 Å². The van der Waals surface area contributed by atoms with E-state index in [1.54, 1.807) is 0 Å². The number of hydrogen-bond donors (Lipinski definition) is 2. The first-order valence-electron chi connectivity index (χ1n) is 4.73. The second-order valence-corrected chi connectivity index (χ2v) is 4.12. The highest BCUT2D eigenvalue weighted by Gasteiger charge is 2.41. The Labute approximate surface area is 95.0 Å². The molecule has 2 N–H and O–H groups in total. The van der Waals surface area contributed by atoms with Crippen molar-refractivity contribution >= 4 is 11.9 Å². The summed E-state index contributed by atoms with van der Waals surface area (Å²) < 4.78 is 48.7. The van der Waals surface area contributed by atoms with Gasteiger partial charge in [0.1, 0.15) is 11.7 Å². The second kappa shape index (κ2) is 5.33. The third-order valence-corrected chi connectivity index (χ3v) is 1.89. The molecule has 0 aromatic carbocycles. The van der Waals surface area contributed by atoms with Crippen LogP contribution in [0.15, 0.2) is 0 Å². The molecular weight excluding hydrogens is 246 g/mol. The molecule has 0 heterocycles. The molecule has 8 heteroatoms. The minimum Gasteiger partial charge on any atom is -0.480 e. The molecule has 1 amide bonds. The number of carboxylic acids is 1. The molecule has 0 aliphatic heterocycles. The first-order valence-corrected chi connectivity index (χ1v) is 4.73. The molecule has 17 heavy (non-hydrogen) atoms. The molecule has 0 aromatic rings. The Morgan fingerprint density at radius 2 is 1.71 bits per heavy atom. The van der Waals surface area contributed by atoms with Crippen LogP contribution >= 0.6 is 0 Å². The normalized spacial score (nSPS) is 14.2. The van der Waals surface area contributed by atoms with Crippen LogP contribution in [0.2, 0.25) is 0 Å². The van der Waals surface area contributed by atoms with E-state index in [1.807, 2.05) is 0 Å². The van der Waals surface area contributed by atoms with E-state index in [-0.39, 0.29) is 6.42 Å². The Morgan fingerprint density at radius 3 is 2.00 bits per heavy atom. The van der Waals surface area contributed by atoms with Crippen LogP contribution in [0.1, 0.15) is 26.7 Å². The van der Waals surface area contributed by atoms with Gasteiger partial charge in [-0.1, -0.05) is 0 Å². The molecule has 0 aliphatic carbocycles. The van der Waals surface area contributed by atoms with Crippen LogP contribution in [-0.2, 0) is 9.59 Å². The molecule has 0 aliphatic rings. The number of carbonyl (C=O) groups is 2. The number of halogens is 4. The van der Waals surface area contributed by atoms with Gasteiger partial charge in [-0.3, -0.25) is 4.79 Å². The van der Waals surface area contributed by atoms with Crippen LogP contribution in [0.4, 0.5) is 17.6 Å². The summed E-state index contributed by atoms with van der Waals surface area (Å²) in [5.74, 6) is -3.98. The van der Waals surface area contributed by atoms with Crippen molar-refractivity contribution in [3.8, 4) is 0 Å². The van der Waals surface area contributed by atoms with E-state index < -0.39 is 36.2 Å². The summed E-state index contributed by atoms with van der Waals surface area (Å²) in [6.45, 7) is 2.33. The van der Waals surface area contributed by atoms with Gasteiger partial charge in [0.05, 0.1) is 0 Å². The Bertz CT molecular complexity index is 296. The maximum Gasteiger partial charge on any atom is 0.471 e. The maximum absolute atomic E-state index is 13.1. The molecule has 0 unspecified atom stereocenters. The van der Waals surface area contributed by atoms with Crippen LogP contribution in [-0.4, -0.2) is 34.9 Å². The van der Waals surface area contributed by atoms with E-state index in [4.69, 9.17) is 5.11 Å². The molecule has 0 aromatic heterocycles. The number of carbonyl (C=O) groups excluding carboxylic acids is 1. The molecule has 0 fully saturated rings. The first-order chi connectivity index (χ1) is 7.43. The zero-order chi connectivity index (χ0) is 13.9. The summed E-state index contributed by atoms with van der Waals surface area (Å²) >= 11 is 0. The van der Waals surface area contributed by atoms with Gasteiger partial charge in [-0.05, 0) is 26.7 Å². The predicted octanol–water partition coefficient (Wildman–Crippen LogP) is 1.65. The van der Waals surface area contributed by atoms with Gasteiger partial charge in [-0.15, -0.1) is 0 Å². The third kappa shape index (κ3) is 6.75. The lowest BCUT2D eigenvalue weighted by molar-refractivity contribution is -0.175. The molecule has 0 spiro atoms.